The van der Waals surface area contributed by atoms with Crippen LogP contribution < -0.4 is 16.0 Å². The lowest BCUT2D eigenvalue weighted by Gasteiger charge is -2.34. The molecule has 3 aliphatic rings. The van der Waals surface area contributed by atoms with Crippen molar-refractivity contribution < 1.29 is 28.4 Å². The molecule has 330 valence electrons. The number of H-pyrrole nitrogens is 3. The molecule has 4 aromatic rings. The predicted octanol–water partition coefficient (Wildman–Crippen LogP) is 8.44. The van der Waals surface area contributed by atoms with E-state index in [0.29, 0.717) is 59.3 Å². The molecule has 3 saturated heterocycles. The van der Waals surface area contributed by atoms with Gasteiger partial charge in [-0.05, 0) is 89.0 Å². The van der Waals surface area contributed by atoms with Crippen molar-refractivity contribution in [2.75, 3.05) is 39.6 Å². The van der Waals surface area contributed by atoms with Gasteiger partial charge in [0.15, 0.2) is 18.9 Å². The molecule has 3 aliphatic heterocycles. The highest BCUT2D eigenvalue weighted by atomic mass is 16.7. The van der Waals surface area contributed by atoms with Gasteiger partial charge in [0.25, 0.3) is 0 Å². The van der Waals surface area contributed by atoms with Crippen LogP contribution in [0.4, 0.5) is 0 Å². The summed E-state index contributed by atoms with van der Waals surface area (Å²) in [6.07, 6.45) is 1.80. The molecule has 3 fully saturated rings. The summed E-state index contributed by atoms with van der Waals surface area (Å²) in [4.78, 5) is 10.7. The second kappa shape index (κ2) is 19.4. The Hall–Kier alpha value is -3.30. The Kier molecular flexibility index (Phi) is 14.5. The summed E-state index contributed by atoms with van der Waals surface area (Å²) in [5, 5.41) is 11.5. The maximum Gasteiger partial charge on any atom is 0.198 e. The molecule has 12 heteroatoms. The smallest absolute Gasteiger partial charge is 0.198 e. The van der Waals surface area contributed by atoms with E-state index in [0.717, 1.165) is 73.1 Å². The van der Waals surface area contributed by atoms with Gasteiger partial charge in [-0.3, -0.25) is 0 Å². The molecule has 0 atom stereocenters. The molecule has 60 heavy (non-hydrogen) atoms. The lowest BCUT2D eigenvalue weighted by molar-refractivity contribution is -0.227. The van der Waals surface area contributed by atoms with Gasteiger partial charge < -0.3 is 59.3 Å². The Bertz CT molecular complexity index is 1740. The van der Waals surface area contributed by atoms with E-state index < -0.39 is 0 Å². The SMILES string of the molecule is CCc1c(CNCc2ccc(C3OCC(C)(C)CO3)[nH]2)c(CC)c(CNCc2ccc(C3OCC(C)(C)CO3)[nH]2)c(CC)c1CNCc1ccc(C2OCC(C)(C)CO2)[nH]1. The summed E-state index contributed by atoms with van der Waals surface area (Å²) >= 11 is 0. The summed E-state index contributed by atoms with van der Waals surface area (Å²) in [5.41, 5.74) is 14.9. The topological polar surface area (TPSA) is 139 Å². The first-order valence-electron chi connectivity index (χ1n) is 22.3. The van der Waals surface area contributed by atoms with Crippen LogP contribution in [-0.4, -0.2) is 54.6 Å². The first-order chi connectivity index (χ1) is 28.8. The largest absolute Gasteiger partial charge is 0.357 e. The molecule has 0 spiro atoms. The van der Waals surface area contributed by atoms with Crippen LogP contribution in [-0.2, 0) is 87.0 Å². The van der Waals surface area contributed by atoms with Crippen LogP contribution in [0.15, 0.2) is 36.4 Å². The molecule has 0 radical (unpaired) electrons. The average Bonchev–Trinajstić information content (AvgIpc) is 4.01. The average molecular weight is 829 g/mol. The molecule has 0 unspecified atom stereocenters. The van der Waals surface area contributed by atoms with Crippen molar-refractivity contribution in [1.29, 1.82) is 0 Å². The van der Waals surface area contributed by atoms with Crippen molar-refractivity contribution >= 4 is 0 Å². The number of aromatic nitrogens is 3. The van der Waals surface area contributed by atoms with Crippen LogP contribution in [0.2, 0.25) is 0 Å². The van der Waals surface area contributed by atoms with E-state index in [1.54, 1.807) is 0 Å². The molecule has 1 aromatic carbocycles. The Morgan fingerprint density at radius 1 is 0.400 bits per heavy atom. The predicted molar refractivity (Wildman–Crippen MR) is 234 cm³/mol. The zero-order chi connectivity index (χ0) is 42.5. The molecule has 0 bridgehead atoms. The monoisotopic (exact) mass is 829 g/mol. The van der Waals surface area contributed by atoms with Gasteiger partial charge in [0.2, 0.25) is 0 Å². The molecule has 6 N–H and O–H groups in total. The van der Waals surface area contributed by atoms with Crippen molar-refractivity contribution in [1.82, 2.24) is 30.9 Å². The molecular weight excluding hydrogens is 757 g/mol. The zero-order valence-corrected chi connectivity index (χ0v) is 37.8. The number of benzene rings is 1. The molecule has 12 nitrogen and oxygen atoms in total. The van der Waals surface area contributed by atoms with Gasteiger partial charge >= 0.3 is 0 Å². The number of ether oxygens (including phenoxy) is 6. The molecule has 0 amide bonds. The van der Waals surface area contributed by atoms with E-state index in [9.17, 15) is 0 Å². The van der Waals surface area contributed by atoms with Gasteiger partial charge in [-0.25, -0.2) is 0 Å². The molecule has 6 heterocycles. The Morgan fingerprint density at radius 2 is 0.650 bits per heavy atom. The number of rotatable bonds is 18. The van der Waals surface area contributed by atoms with Crippen molar-refractivity contribution in [3.05, 3.63) is 104 Å². The van der Waals surface area contributed by atoms with Gasteiger partial charge in [-0.1, -0.05) is 62.3 Å². The van der Waals surface area contributed by atoms with E-state index in [-0.39, 0.29) is 35.1 Å². The molecule has 0 aliphatic carbocycles. The number of nitrogens with one attached hydrogen (secondary N) is 6. The highest BCUT2D eigenvalue weighted by molar-refractivity contribution is 5.52. The normalized spacial score (nSPS) is 19.9. The minimum atomic E-state index is -0.352. The summed E-state index contributed by atoms with van der Waals surface area (Å²) in [5.74, 6) is 0. The Morgan fingerprint density at radius 3 is 0.883 bits per heavy atom. The first-order valence-corrected chi connectivity index (χ1v) is 22.3. The molecule has 0 saturated carbocycles. The van der Waals surface area contributed by atoms with Crippen LogP contribution in [0.1, 0.15) is 149 Å². The fraction of sp³-hybridized carbons (Fsp3) is 0.625. The molecule has 3 aromatic heterocycles. The number of aromatic amines is 3. The summed E-state index contributed by atoms with van der Waals surface area (Å²) < 4.78 is 36.3. The summed E-state index contributed by atoms with van der Waals surface area (Å²) in [6, 6.07) is 12.7. The fourth-order valence-corrected chi connectivity index (χ4v) is 8.69. The molecule has 7 rings (SSSR count). The minimum absolute atomic E-state index is 0.0306. The number of hydrogen-bond acceptors (Lipinski definition) is 9. The van der Waals surface area contributed by atoms with E-state index in [4.69, 9.17) is 28.4 Å². The van der Waals surface area contributed by atoms with Crippen LogP contribution in [0.25, 0.3) is 0 Å². The van der Waals surface area contributed by atoms with Crippen LogP contribution in [0, 0.1) is 16.2 Å². The fourth-order valence-electron chi connectivity index (χ4n) is 8.69. The highest BCUT2D eigenvalue weighted by Crippen LogP contribution is 2.35. The summed E-state index contributed by atoms with van der Waals surface area (Å²) in [7, 11) is 0. The Balaban J connectivity index is 1.07. The maximum atomic E-state index is 6.06. The van der Waals surface area contributed by atoms with Gasteiger partial charge in [0, 0.05) is 72.6 Å². The highest BCUT2D eigenvalue weighted by Gasteiger charge is 2.32. The van der Waals surface area contributed by atoms with Crippen molar-refractivity contribution in [3.8, 4) is 0 Å². The lowest BCUT2D eigenvalue weighted by Crippen LogP contribution is -2.33. The van der Waals surface area contributed by atoms with Crippen LogP contribution in [0.5, 0.6) is 0 Å². The van der Waals surface area contributed by atoms with Crippen LogP contribution >= 0.6 is 0 Å². The van der Waals surface area contributed by atoms with E-state index in [2.05, 4.69) is 130 Å². The lowest BCUT2D eigenvalue weighted by atomic mass is 9.83. The van der Waals surface area contributed by atoms with E-state index in [1.807, 2.05) is 0 Å². The summed E-state index contributed by atoms with van der Waals surface area (Å²) in [6.45, 7) is 28.4. The first kappa shape index (κ1) is 44.7. The third-order valence-corrected chi connectivity index (χ3v) is 11.9. The number of hydrogen-bond donors (Lipinski definition) is 6. The second-order valence-electron chi connectivity index (χ2n) is 19.4. The Labute approximate surface area is 357 Å². The zero-order valence-electron chi connectivity index (χ0n) is 37.8. The maximum absolute atomic E-state index is 6.06. The minimum Gasteiger partial charge on any atom is -0.357 e. The van der Waals surface area contributed by atoms with Crippen molar-refractivity contribution in [3.63, 3.8) is 0 Å². The van der Waals surface area contributed by atoms with Gasteiger partial charge in [-0.2, -0.15) is 0 Å². The standard InChI is InChI=1S/C48H72N6O6/c1-10-34-37(22-49-19-31-13-16-40(52-31)43-55-25-46(4,5)26-56-43)35(11-2)39(24-51-21-33-15-18-42(54-33)45-59-29-48(8,9)30-60-45)36(12-3)38(34)23-50-20-32-14-17-41(53-32)44-57-27-47(6,7)28-58-44/h13-18,43-45,49-54H,10-12,19-30H2,1-9H3. The van der Waals surface area contributed by atoms with Crippen molar-refractivity contribution in [2.24, 2.45) is 16.2 Å². The quantitative estimate of drug-likeness (QED) is 0.0584. The van der Waals surface area contributed by atoms with Gasteiger partial charge in [0.1, 0.15) is 0 Å². The molecular formula is C48H72N6O6. The van der Waals surface area contributed by atoms with Gasteiger partial charge in [-0.15, -0.1) is 0 Å². The second-order valence-corrected chi connectivity index (χ2v) is 19.4. The third kappa shape index (κ3) is 11.0. The third-order valence-electron chi connectivity index (χ3n) is 11.9. The van der Waals surface area contributed by atoms with Crippen molar-refractivity contribution in [2.45, 2.75) is 140 Å². The van der Waals surface area contributed by atoms with Gasteiger partial charge in [0.05, 0.1) is 56.7 Å². The van der Waals surface area contributed by atoms with Crippen LogP contribution in [0.3, 0.4) is 0 Å². The van der Waals surface area contributed by atoms with E-state index in [1.165, 1.54) is 33.4 Å². The van der Waals surface area contributed by atoms with E-state index >= 15 is 0 Å².